The van der Waals surface area contributed by atoms with Gasteiger partial charge in [0, 0.05) is 24.1 Å². The van der Waals surface area contributed by atoms with E-state index in [4.69, 9.17) is 0 Å². The van der Waals surface area contributed by atoms with Gasteiger partial charge in [-0.15, -0.1) is 0 Å². The zero-order valence-corrected chi connectivity index (χ0v) is 15.6. The number of Topliss-reactive ketones (excluding diaryl/α,β-unsaturated/α-hetero) is 1. The molecule has 29 heavy (non-hydrogen) atoms. The van der Waals surface area contributed by atoms with Crippen LogP contribution in [0.5, 0.6) is 0 Å². The second-order valence-electron chi connectivity index (χ2n) is 7.51. The standard InChI is InChI=1S/C21H20F3N3O2/c22-13-10-15(23)19(16(24)11-13)21(29)26-18-3-1-2-17(25-18)20(28)12-6-8-27(9-7-12)14-4-5-14/h1-3,10-12,14H,4-9H2,(H,25,26,29). The molecule has 5 nitrogen and oxygen atoms in total. The van der Waals surface area contributed by atoms with Crippen molar-refractivity contribution in [2.45, 2.75) is 31.7 Å². The Morgan fingerprint density at radius 2 is 1.66 bits per heavy atom. The number of anilines is 1. The van der Waals surface area contributed by atoms with Crippen LogP contribution in [0.3, 0.4) is 0 Å². The molecule has 1 aliphatic heterocycles. The Hall–Kier alpha value is -2.74. The number of pyridine rings is 1. The second-order valence-corrected chi connectivity index (χ2v) is 7.51. The van der Waals surface area contributed by atoms with Crippen molar-refractivity contribution in [2.24, 2.45) is 5.92 Å². The van der Waals surface area contributed by atoms with Gasteiger partial charge in [-0.05, 0) is 50.9 Å². The molecule has 0 atom stereocenters. The Morgan fingerprint density at radius 1 is 1.00 bits per heavy atom. The number of aromatic nitrogens is 1. The number of nitrogens with zero attached hydrogens (tertiary/aromatic N) is 2. The first-order valence-electron chi connectivity index (χ1n) is 9.63. The SMILES string of the molecule is O=C(Nc1cccc(C(=O)C2CCN(C3CC3)CC2)n1)c1c(F)cc(F)cc1F. The van der Waals surface area contributed by atoms with E-state index >= 15 is 0 Å². The van der Waals surface area contributed by atoms with Gasteiger partial charge in [0.1, 0.15) is 34.5 Å². The Labute approximate surface area is 165 Å². The Kier molecular flexibility index (Phi) is 5.36. The van der Waals surface area contributed by atoms with Crippen LogP contribution >= 0.6 is 0 Å². The van der Waals surface area contributed by atoms with Crippen LogP contribution in [0, 0.1) is 23.4 Å². The number of rotatable bonds is 5. The Balaban J connectivity index is 1.45. The van der Waals surface area contributed by atoms with Crippen LogP contribution < -0.4 is 5.32 Å². The zero-order chi connectivity index (χ0) is 20.5. The van der Waals surface area contributed by atoms with Gasteiger partial charge in [0.25, 0.3) is 5.91 Å². The molecule has 1 aromatic heterocycles. The number of hydrogen-bond acceptors (Lipinski definition) is 4. The van der Waals surface area contributed by atoms with Crippen LogP contribution in [0.25, 0.3) is 0 Å². The van der Waals surface area contributed by atoms with E-state index in [0.29, 0.717) is 18.2 Å². The first kappa shape index (κ1) is 19.6. The number of ketones is 1. The van der Waals surface area contributed by atoms with Gasteiger partial charge in [-0.2, -0.15) is 0 Å². The lowest BCUT2D eigenvalue weighted by Crippen LogP contribution is -2.37. The molecular formula is C21H20F3N3O2. The Bertz CT molecular complexity index is 931. The fraction of sp³-hybridized carbons (Fsp3) is 0.381. The maximum absolute atomic E-state index is 13.8. The highest BCUT2D eigenvalue weighted by atomic mass is 19.1. The number of halogens is 3. The van der Waals surface area contributed by atoms with E-state index in [2.05, 4.69) is 15.2 Å². The third-order valence-electron chi connectivity index (χ3n) is 5.44. The van der Waals surface area contributed by atoms with Gasteiger partial charge in [-0.25, -0.2) is 18.2 Å². The molecular weight excluding hydrogens is 383 g/mol. The molecule has 4 rings (SSSR count). The minimum absolute atomic E-state index is 0.000564. The average Bonchev–Trinajstić information content (AvgIpc) is 3.52. The summed E-state index contributed by atoms with van der Waals surface area (Å²) in [6, 6.07) is 6.06. The number of benzene rings is 1. The molecule has 0 spiro atoms. The van der Waals surface area contributed by atoms with E-state index in [1.807, 2.05) is 0 Å². The van der Waals surface area contributed by atoms with Crippen molar-refractivity contribution in [3.8, 4) is 0 Å². The van der Waals surface area contributed by atoms with Crippen molar-refractivity contribution in [3.05, 3.63) is 59.0 Å². The van der Waals surface area contributed by atoms with Gasteiger partial charge >= 0.3 is 0 Å². The summed E-state index contributed by atoms with van der Waals surface area (Å²) < 4.78 is 40.6. The lowest BCUT2D eigenvalue weighted by atomic mass is 9.90. The lowest BCUT2D eigenvalue weighted by molar-refractivity contribution is 0.0828. The Morgan fingerprint density at radius 3 is 2.28 bits per heavy atom. The average molecular weight is 403 g/mol. The molecule has 8 heteroatoms. The van der Waals surface area contributed by atoms with Crippen LogP contribution in [0.4, 0.5) is 19.0 Å². The fourth-order valence-electron chi connectivity index (χ4n) is 3.76. The number of nitrogens with one attached hydrogen (secondary N) is 1. The van der Waals surface area contributed by atoms with Gasteiger partial charge < -0.3 is 10.2 Å². The van der Waals surface area contributed by atoms with Crippen LogP contribution in [0.2, 0.25) is 0 Å². The molecule has 1 saturated heterocycles. The molecule has 0 unspecified atom stereocenters. The quantitative estimate of drug-likeness (QED) is 0.772. The van der Waals surface area contributed by atoms with Crippen LogP contribution in [0.15, 0.2) is 30.3 Å². The zero-order valence-electron chi connectivity index (χ0n) is 15.6. The predicted octanol–water partition coefficient (Wildman–Crippen LogP) is 3.81. The van der Waals surface area contributed by atoms with Crippen molar-refractivity contribution in [1.82, 2.24) is 9.88 Å². The summed E-state index contributed by atoms with van der Waals surface area (Å²) in [5, 5.41) is 2.27. The number of carbonyl (C=O) groups excluding carboxylic acids is 2. The molecule has 0 bridgehead atoms. The van der Waals surface area contributed by atoms with Crippen molar-refractivity contribution >= 4 is 17.5 Å². The number of likely N-dealkylation sites (tertiary alicyclic amines) is 1. The smallest absolute Gasteiger partial charge is 0.262 e. The summed E-state index contributed by atoms with van der Waals surface area (Å²) >= 11 is 0. The third kappa shape index (κ3) is 4.32. The summed E-state index contributed by atoms with van der Waals surface area (Å²) in [6.07, 6.45) is 3.99. The summed E-state index contributed by atoms with van der Waals surface area (Å²) in [6.45, 7) is 1.78. The number of carbonyl (C=O) groups is 2. The largest absolute Gasteiger partial charge is 0.306 e. The third-order valence-corrected chi connectivity index (χ3v) is 5.44. The highest BCUT2D eigenvalue weighted by Gasteiger charge is 2.34. The number of amides is 1. The molecule has 1 amide bonds. The van der Waals surface area contributed by atoms with E-state index in [0.717, 1.165) is 25.9 Å². The molecule has 2 aromatic rings. The normalized spacial score (nSPS) is 17.9. The number of piperidine rings is 1. The van der Waals surface area contributed by atoms with Gasteiger partial charge in [-0.1, -0.05) is 6.07 Å². The van der Waals surface area contributed by atoms with Crippen molar-refractivity contribution in [2.75, 3.05) is 18.4 Å². The lowest BCUT2D eigenvalue weighted by Gasteiger charge is -2.31. The maximum Gasteiger partial charge on any atom is 0.262 e. The van der Waals surface area contributed by atoms with E-state index in [1.165, 1.54) is 18.9 Å². The fourth-order valence-corrected chi connectivity index (χ4v) is 3.76. The molecule has 1 aromatic carbocycles. The van der Waals surface area contributed by atoms with Crippen LogP contribution in [-0.4, -0.2) is 40.7 Å². The molecule has 0 radical (unpaired) electrons. The maximum atomic E-state index is 13.8. The van der Waals surface area contributed by atoms with E-state index in [9.17, 15) is 22.8 Å². The highest BCUT2D eigenvalue weighted by molar-refractivity contribution is 6.04. The minimum atomic E-state index is -1.31. The van der Waals surface area contributed by atoms with Crippen molar-refractivity contribution in [1.29, 1.82) is 0 Å². The molecule has 2 heterocycles. The monoisotopic (exact) mass is 403 g/mol. The van der Waals surface area contributed by atoms with E-state index < -0.39 is 28.9 Å². The van der Waals surface area contributed by atoms with Gasteiger partial charge in [-0.3, -0.25) is 9.59 Å². The van der Waals surface area contributed by atoms with E-state index in [-0.39, 0.29) is 23.2 Å². The highest BCUT2D eigenvalue weighted by Crippen LogP contribution is 2.31. The van der Waals surface area contributed by atoms with Crippen LogP contribution in [0.1, 0.15) is 46.5 Å². The molecule has 152 valence electrons. The minimum Gasteiger partial charge on any atom is -0.306 e. The topological polar surface area (TPSA) is 62.3 Å². The number of hydrogen-bond donors (Lipinski definition) is 1. The van der Waals surface area contributed by atoms with E-state index in [1.54, 1.807) is 12.1 Å². The molecule has 1 saturated carbocycles. The van der Waals surface area contributed by atoms with Crippen molar-refractivity contribution in [3.63, 3.8) is 0 Å². The van der Waals surface area contributed by atoms with Gasteiger partial charge in [0.05, 0.1) is 0 Å². The predicted molar refractivity (Wildman–Crippen MR) is 100 cm³/mol. The summed E-state index contributed by atoms with van der Waals surface area (Å²) in [4.78, 5) is 31.6. The van der Waals surface area contributed by atoms with Gasteiger partial charge in [0.15, 0.2) is 5.78 Å². The summed E-state index contributed by atoms with van der Waals surface area (Å²) in [7, 11) is 0. The molecule has 1 aliphatic carbocycles. The second kappa shape index (κ2) is 7.94. The van der Waals surface area contributed by atoms with Gasteiger partial charge in [0.2, 0.25) is 0 Å². The summed E-state index contributed by atoms with van der Waals surface area (Å²) in [5.41, 5.74) is -0.704. The first-order valence-corrected chi connectivity index (χ1v) is 9.63. The van der Waals surface area contributed by atoms with Crippen molar-refractivity contribution < 1.29 is 22.8 Å². The summed E-state index contributed by atoms with van der Waals surface area (Å²) in [5.74, 6) is -5.07. The molecule has 1 N–H and O–H groups in total. The molecule has 2 aliphatic rings. The molecule has 2 fully saturated rings. The first-order chi connectivity index (χ1) is 13.9. The van der Waals surface area contributed by atoms with Crippen LogP contribution in [-0.2, 0) is 0 Å².